The van der Waals surface area contributed by atoms with E-state index in [0.29, 0.717) is 0 Å². The molecule has 0 aliphatic heterocycles. The Morgan fingerprint density at radius 2 is 0.778 bits per heavy atom. The first kappa shape index (κ1) is 39.0. The molecule has 1 aromatic carbocycles. The van der Waals surface area contributed by atoms with Gasteiger partial charge in [-0.15, -0.1) is 0 Å². The van der Waals surface area contributed by atoms with Crippen molar-refractivity contribution in [2.45, 2.75) is 9.79 Å². The number of benzene rings is 1. The zero-order valence-corrected chi connectivity index (χ0v) is 20.3. The van der Waals surface area contributed by atoms with Crippen molar-refractivity contribution in [3.8, 4) is 0 Å². The lowest BCUT2D eigenvalue weighted by Gasteiger charge is -2.09. The van der Waals surface area contributed by atoms with Gasteiger partial charge >= 0.3 is 11.9 Å². The highest BCUT2D eigenvalue weighted by Crippen LogP contribution is 2.13. The van der Waals surface area contributed by atoms with E-state index in [1.54, 1.807) is 24.8 Å². The maximum atomic E-state index is 10.4. The first-order valence-electron chi connectivity index (χ1n) is 8.66. The Labute approximate surface area is 208 Å². The van der Waals surface area contributed by atoms with Crippen molar-refractivity contribution in [1.82, 2.24) is 9.97 Å². The van der Waals surface area contributed by atoms with Gasteiger partial charge in [-0.25, -0.2) is 16.8 Å². The number of guanidine groups is 2. The normalized spacial score (nSPS) is 8.94. The summed E-state index contributed by atoms with van der Waals surface area (Å²) in [6.45, 7) is 0. The van der Waals surface area contributed by atoms with Crippen LogP contribution in [0.15, 0.2) is 95.2 Å². The van der Waals surface area contributed by atoms with Gasteiger partial charge in [-0.3, -0.25) is 43.7 Å². The van der Waals surface area contributed by atoms with E-state index < -0.39 is 30.0 Å². The van der Waals surface area contributed by atoms with Gasteiger partial charge < -0.3 is 20.1 Å². The van der Waals surface area contributed by atoms with E-state index in [9.17, 15) is 25.9 Å². The van der Waals surface area contributed by atoms with Crippen LogP contribution in [0.3, 0.4) is 0 Å². The quantitative estimate of drug-likeness (QED) is 0.0986. The molecule has 0 saturated heterocycles. The van der Waals surface area contributed by atoms with Crippen molar-refractivity contribution < 1.29 is 47.7 Å². The molecule has 0 bridgehead atoms. The molecule has 0 aliphatic rings. The molecule has 2 heterocycles. The van der Waals surface area contributed by atoms with Crippen LogP contribution in [0.4, 0.5) is 0 Å². The van der Waals surface area contributed by atoms with Crippen molar-refractivity contribution in [3.63, 3.8) is 0 Å². The topological polar surface area (TPSA) is 358 Å². The van der Waals surface area contributed by atoms with Crippen LogP contribution < -0.4 is 33.8 Å². The summed E-state index contributed by atoms with van der Waals surface area (Å²) in [7, 11) is -9.22. The lowest BCUT2D eigenvalue weighted by molar-refractivity contribution is -0.117. The average Bonchev–Trinajstić information content (AvgIpc) is 2.75. The zero-order chi connectivity index (χ0) is 26.6. The molecule has 16 nitrogen and oxygen atoms in total. The fraction of sp³-hybridized carbons (Fsp3) is 0. The Kier molecular flexibility index (Phi) is 23.1. The molecule has 3 rings (SSSR count). The number of hydrogen-bond acceptors (Lipinski definition) is 8. The maximum absolute atomic E-state index is 10.4. The van der Waals surface area contributed by atoms with Gasteiger partial charge in [-0.1, -0.05) is 12.1 Å². The number of pyridine rings is 2. The average molecular weight is 551 g/mol. The second-order valence-corrected chi connectivity index (χ2v) is 8.19. The molecule has 0 fully saturated rings. The Balaban J connectivity index is -0.000000196. The van der Waals surface area contributed by atoms with E-state index in [-0.39, 0.29) is 22.9 Å². The van der Waals surface area contributed by atoms with Crippen LogP contribution >= 0.6 is 0 Å². The second-order valence-electron chi connectivity index (χ2n) is 5.43. The summed E-state index contributed by atoms with van der Waals surface area (Å²) in [4.78, 5) is 6.41. The van der Waals surface area contributed by atoms with Crippen molar-refractivity contribution in [2.24, 2.45) is 22.9 Å². The van der Waals surface area contributed by atoms with E-state index >= 15 is 0 Å². The molecule has 0 unspecified atom stereocenters. The standard InChI is InChI=1S/C6H6O6S2.2C5H5N.2CH5N3.2H2O/c7-13(8,9)5-1-2-6(4-3-5)14(10,11)12;2*1-2-4-6-5-3-1;2*2-1(3)4;;/h1-4H,(H,7,8,9)(H,10,11,12);2*1-5H;2*(H5,2,3,4);2*1H2. The van der Waals surface area contributed by atoms with Crippen LogP contribution in [0.2, 0.25) is 0 Å². The number of rotatable bonds is 2. The number of aromatic nitrogens is 2. The van der Waals surface area contributed by atoms with Crippen LogP contribution in [-0.2, 0) is 20.2 Å². The maximum Gasteiger partial charge on any atom is 0.336 e. The van der Waals surface area contributed by atoms with Crippen LogP contribution in [0.5, 0.6) is 0 Å². The predicted molar refractivity (Wildman–Crippen MR) is 129 cm³/mol. The molecule has 0 amide bonds. The molecule has 0 aliphatic carbocycles. The Morgan fingerprint density at radius 1 is 0.583 bits per heavy atom. The molecule has 0 radical (unpaired) electrons. The summed E-state index contributed by atoms with van der Waals surface area (Å²) in [5.41, 5.74) is 18.3. The zero-order valence-electron chi connectivity index (χ0n) is 18.7. The van der Waals surface area contributed by atoms with Gasteiger partial charge in [0.1, 0.15) is 20.2 Å². The molecule has 0 atom stereocenters. The van der Waals surface area contributed by atoms with Gasteiger partial charge in [0.25, 0.3) is 0 Å². The molecular weight excluding hydrogens is 520 g/mol. The third-order valence-corrected chi connectivity index (χ3v) is 4.23. The van der Waals surface area contributed by atoms with E-state index in [0.717, 1.165) is 24.3 Å². The Morgan fingerprint density at radius 3 is 0.861 bits per heavy atom. The summed E-state index contributed by atoms with van der Waals surface area (Å²) >= 11 is 0. The van der Waals surface area contributed by atoms with Gasteiger partial charge in [-0.05, 0) is 48.5 Å². The van der Waals surface area contributed by atoms with Gasteiger partial charge in [-0.2, -0.15) is 0 Å². The van der Waals surface area contributed by atoms with E-state index in [1.807, 2.05) is 36.4 Å². The Hall–Kier alpha value is -4.20. The highest BCUT2D eigenvalue weighted by molar-refractivity contribution is 7.86. The summed E-state index contributed by atoms with van der Waals surface area (Å²) in [6.07, 6.45) is 7.00. The number of nitrogens with zero attached hydrogens (tertiary/aromatic N) is 2. The summed E-state index contributed by atoms with van der Waals surface area (Å²) in [5, 5.41) is 9.17. The number of hydrogen-bond donors (Lipinski definition) is 6. The third kappa shape index (κ3) is 27.8. The molecular formula is C18H30N8O8S2. The van der Waals surface area contributed by atoms with E-state index in [1.165, 1.54) is 0 Å². The summed E-state index contributed by atoms with van der Waals surface area (Å²) in [5.74, 6) is -0.167. The molecule has 36 heavy (non-hydrogen) atoms. The van der Waals surface area contributed by atoms with E-state index in [2.05, 4.69) is 43.7 Å². The summed E-state index contributed by atoms with van der Waals surface area (Å²) < 4.78 is 62.5. The first-order valence-corrected chi connectivity index (χ1v) is 11.5. The number of nitrogens with two attached hydrogens (primary N) is 6. The minimum atomic E-state index is -4.61. The molecule has 16 N–H and O–H groups in total. The molecule has 2 aromatic heterocycles. The van der Waals surface area contributed by atoms with Crippen LogP contribution in [0.1, 0.15) is 0 Å². The minimum Gasteiger partial charge on any atom is -0.744 e. The molecule has 202 valence electrons. The second kappa shape index (κ2) is 21.3. The van der Waals surface area contributed by atoms with Crippen molar-refractivity contribution >= 4 is 32.2 Å². The van der Waals surface area contributed by atoms with Gasteiger partial charge in [0.05, 0.1) is 9.79 Å². The third-order valence-electron chi connectivity index (χ3n) is 2.53. The van der Waals surface area contributed by atoms with Gasteiger partial charge in [0, 0.05) is 24.8 Å². The largest absolute Gasteiger partial charge is 0.744 e. The minimum absolute atomic E-state index is 0. The fourth-order valence-electron chi connectivity index (χ4n) is 1.40. The molecule has 3 aromatic rings. The SMILES string of the molecule is NC(N)=[NH2+].NC(N)=[NH2+].O.O.O=S(=O)([O-])c1ccc(S(=O)(=O)[O-])cc1.c1ccncc1.c1ccncc1. The van der Waals surface area contributed by atoms with Crippen LogP contribution in [0.25, 0.3) is 0 Å². The molecule has 18 heteroatoms. The van der Waals surface area contributed by atoms with Crippen molar-refractivity contribution in [2.75, 3.05) is 0 Å². The molecule has 0 spiro atoms. The highest BCUT2D eigenvalue weighted by Gasteiger charge is 2.04. The summed E-state index contributed by atoms with van der Waals surface area (Å²) in [6, 6.07) is 14.5. The lowest BCUT2D eigenvalue weighted by Crippen LogP contribution is -2.51. The van der Waals surface area contributed by atoms with Crippen LogP contribution in [-0.4, -0.2) is 58.8 Å². The van der Waals surface area contributed by atoms with Crippen molar-refractivity contribution in [1.29, 1.82) is 0 Å². The van der Waals surface area contributed by atoms with E-state index in [4.69, 9.17) is 0 Å². The van der Waals surface area contributed by atoms with Gasteiger partial charge in [0.2, 0.25) is 0 Å². The smallest absolute Gasteiger partial charge is 0.336 e. The van der Waals surface area contributed by atoms with Gasteiger partial charge in [0.15, 0.2) is 0 Å². The lowest BCUT2D eigenvalue weighted by atomic mass is 10.4. The predicted octanol–water partition coefficient (Wildman–Crippen LogP) is -5.95. The highest BCUT2D eigenvalue weighted by atomic mass is 32.2. The fourth-order valence-corrected chi connectivity index (χ4v) is 2.34. The first-order chi connectivity index (χ1) is 15.7. The Bertz CT molecular complexity index is 1010. The van der Waals surface area contributed by atoms with Crippen LogP contribution in [0, 0.1) is 0 Å². The monoisotopic (exact) mass is 550 g/mol. The molecule has 0 saturated carbocycles. The van der Waals surface area contributed by atoms with Crippen molar-refractivity contribution in [3.05, 3.63) is 85.5 Å².